The Morgan fingerprint density at radius 3 is 2.33 bits per heavy atom. The van der Waals surface area contributed by atoms with E-state index in [4.69, 9.17) is 0 Å². The zero-order valence-electron chi connectivity index (χ0n) is 6.36. The maximum atomic E-state index is 12.3. The van der Waals surface area contributed by atoms with E-state index in [9.17, 15) is 18.3 Å². The van der Waals surface area contributed by atoms with Gasteiger partial charge in [0, 0.05) is 24.9 Å². The van der Waals surface area contributed by atoms with Gasteiger partial charge in [-0.3, -0.25) is 0 Å². The second kappa shape index (κ2) is 2.14. The van der Waals surface area contributed by atoms with Crippen LogP contribution < -0.4 is 5.32 Å². The fraction of sp³-hybridized carbons (Fsp3) is 1.00. The van der Waals surface area contributed by atoms with Gasteiger partial charge in [-0.2, -0.15) is 13.2 Å². The maximum Gasteiger partial charge on any atom is 0.417 e. The molecule has 70 valence electrons. The van der Waals surface area contributed by atoms with Gasteiger partial charge in [-0.05, 0) is 6.42 Å². The van der Waals surface area contributed by atoms with Gasteiger partial charge in [-0.1, -0.05) is 0 Å². The van der Waals surface area contributed by atoms with Crippen molar-refractivity contribution in [3.05, 3.63) is 0 Å². The fourth-order valence-electron chi connectivity index (χ4n) is 2.23. The lowest BCUT2D eigenvalue weighted by Gasteiger charge is -2.34. The Balaban J connectivity index is 2.23. The van der Waals surface area contributed by atoms with Gasteiger partial charge < -0.3 is 10.4 Å². The van der Waals surface area contributed by atoms with Crippen LogP contribution in [0.3, 0.4) is 0 Å². The molecule has 3 atom stereocenters. The summed E-state index contributed by atoms with van der Waals surface area (Å²) in [5.74, 6) is -0.637. The summed E-state index contributed by atoms with van der Waals surface area (Å²) in [5.41, 5.74) is -2.41. The summed E-state index contributed by atoms with van der Waals surface area (Å²) < 4.78 is 37.0. The normalized spacial score (nSPS) is 47.0. The molecule has 0 aromatic rings. The molecular formula is C7H10F3NO. The van der Waals surface area contributed by atoms with Crippen LogP contribution in [0.25, 0.3) is 0 Å². The van der Waals surface area contributed by atoms with E-state index in [0.717, 1.165) is 0 Å². The minimum Gasteiger partial charge on any atom is -0.380 e. The summed E-state index contributed by atoms with van der Waals surface area (Å²) in [6.07, 6.45) is -4.19. The van der Waals surface area contributed by atoms with Crippen LogP contribution in [0.15, 0.2) is 0 Å². The summed E-state index contributed by atoms with van der Waals surface area (Å²) in [6.45, 7) is 0.292. The first kappa shape index (κ1) is 8.31. The second-order valence-electron chi connectivity index (χ2n) is 3.66. The third kappa shape index (κ3) is 0.894. The van der Waals surface area contributed by atoms with Crippen molar-refractivity contribution in [3.8, 4) is 0 Å². The average molecular weight is 181 g/mol. The molecule has 1 heterocycles. The van der Waals surface area contributed by atoms with E-state index in [1.807, 2.05) is 0 Å². The van der Waals surface area contributed by atoms with Crippen molar-refractivity contribution < 1.29 is 18.3 Å². The first-order chi connectivity index (χ1) is 5.43. The lowest BCUT2D eigenvalue weighted by molar-refractivity contribution is -0.274. The Morgan fingerprint density at radius 1 is 1.42 bits per heavy atom. The predicted octanol–water partition coefficient (Wildman–Crippen LogP) is 0.662. The number of rotatable bonds is 0. The Kier molecular flexibility index (Phi) is 1.48. The molecule has 0 aromatic heterocycles. The monoisotopic (exact) mass is 181 g/mol. The van der Waals surface area contributed by atoms with Crippen molar-refractivity contribution in [3.63, 3.8) is 0 Å². The Labute approximate surface area is 67.8 Å². The third-order valence-electron chi connectivity index (χ3n) is 2.95. The molecular weight excluding hydrogens is 171 g/mol. The van der Waals surface area contributed by atoms with Gasteiger partial charge in [0.15, 0.2) is 5.60 Å². The minimum absolute atomic E-state index is 0.137. The molecule has 1 aliphatic carbocycles. The quantitative estimate of drug-likeness (QED) is 0.575. The SMILES string of the molecule is OC1(C(F)(F)F)CC2CC1CN2. The molecule has 1 saturated carbocycles. The van der Waals surface area contributed by atoms with Crippen molar-refractivity contribution in [1.29, 1.82) is 0 Å². The van der Waals surface area contributed by atoms with Crippen molar-refractivity contribution in [2.45, 2.75) is 30.7 Å². The number of hydrogen-bond acceptors (Lipinski definition) is 2. The number of alkyl halides is 3. The van der Waals surface area contributed by atoms with E-state index in [1.54, 1.807) is 0 Å². The van der Waals surface area contributed by atoms with Gasteiger partial charge in [-0.25, -0.2) is 0 Å². The summed E-state index contributed by atoms with van der Waals surface area (Å²) >= 11 is 0. The van der Waals surface area contributed by atoms with Gasteiger partial charge in [0.05, 0.1) is 0 Å². The van der Waals surface area contributed by atoms with Crippen molar-refractivity contribution in [2.75, 3.05) is 6.54 Å². The highest BCUT2D eigenvalue weighted by Gasteiger charge is 2.64. The highest BCUT2D eigenvalue weighted by atomic mass is 19.4. The van der Waals surface area contributed by atoms with Gasteiger partial charge in [-0.15, -0.1) is 0 Å². The topological polar surface area (TPSA) is 32.3 Å². The van der Waals surface area contributed by atoms with Crippen LogP contribution in [0.5, 0.6) is 0 Å². The van der Waals surface area contributed by atoms with Gasteiger partial charge in [0.2, 0.25) is 0 Å². The predicted molar refractivity (Wildman–Crippen MR) is 35.5 cm³/mol. The van der Waals surface area contributed by atoms with Crippen molar-refractivity contribution in [1.82, 2.24) is 5.32 Å². The van der Waals surface area contributed by atoms with E-state index in [2.05, 4.69) is 5.32 Å². The highest BCUT2D eigenvalue weighted by Crippen LogP contribution is 2.49. The zero-order valence-corrected chi connectivity index (χ0v) is 6.36. The lowest BCUT2D eigenvalue weighted by Crippen LogP contribution is -2.53. The van der Waals surface area contributed by atoms with Crippen molar-refractivity contribution >= 4 is 0 Å². The van der Waals surface area contributed by atoms with E-state index < -0.39 is 17.7 Å². The smallest absolute Gasteiger partial charge is 0.380 e. The lowest BCUT2D eigenvalue weighted by atomic mass is 9.89. The number of hydrogen-bond donors (Lipinski definition) is 2. The summed E-state index contributed by atoms with van der Waals surface area (Å²) in [4.78, 5) is 0. The first-order valence-corrected chi connectivity index (χ1v) is 3.96. The van der Waals surface area contributed by atoms with E-state index in [1.165, 1.54) is 0 Å². The molecule has 2 rings (SSSR count). The molecule has 2 bridgehead atoms. The van der Waals surface area contributed by atoms with Crippen LogP contribution in [-0.2, 0) is 0 Å². The Bertz CT molecular complexity index is 205. The van der Waals surface area contributed by atoms with Gasteiger partial charge in [0.1, 0.15) is 0 Å². The van der Waals surface area contributed by atoms with Crippen LogP contribution in [-0.4, -0.2) is 29.5 Å². The second-order valence-corrected chi connectivity index (χ2v) is 3.66. The number of halogens is 3. The average Bonchev–Trinajstić information content (AvgIpc) is 2.43. The number of nitrogens with one attached hydrogen (secondary N) is 1. The first-order valence-electron chi connectivity index (χ1n) is 3.96. The van der Waals surface area contributed by atoms with Crippen LogP contribution in [0, 0.1) is 5.92 Å². The molecule has 1 saturated heterocycles. The van der Waals surface area contributed by atoms with Gasteiger partial charge in [0.25, 0.3) is 0 Å². The van der Waals surface area contributed by atoms with Crippen LogP contribution >= 0.6 is 0 Å². The fourth-order valence-corrected chi connectivity index (χ4v) is 2.23. The molecule has 0 radical (unpaired) electrons. The zero-order chi connectivity index (χ0) is 8.98. The molecule has 2 aliphatic rings. The van der Waals surface area contributed by atoms with Crippen LogP contribution in [0.4, 0.5) is 13.2 Å². The third-order valence-corrected chi connectivity index (χ3v) is 2.95. The molecule has 5 heteroatoms. The van der Waals surface area contributed by atoms with Crippen LogP contribution in [0.1, 0.15) is 12.8 Å². The molecule has 2 nitrogen and oxygen atoms in total. The molecule has 12 heavy (non-hydrogen) atoms. The van der Waals surface area contributed by atoms with Crippen LogP contribution in [0.2, 0.25) is 0 Å². The number of fused-ring (bicyclic) bond motifs is 2. The standard InChI is InChI=1S/C7H10F3NO/c8-7(9,10)6(12)2-5-1-4(6)3-11-5/h4-5,11-12H,1-3H2. The largest absolute Gasteiger partial charge is 0.417 e. The molecule has 2 fully saturated rings. The number of piperidine rings is 1. The van der Waals surface area contributed by atoms with Crippen molar-refractivity contribution in [2.24, 2.45) is 5.92 Å². The molecule has 2 N–H and O–H groups in total. The minimum atomic E-state index is -4.46. The summed E-state index contributed by atoms with van der Waals surface area (Å²) in [5, 5.41) is 12.3. The molecule has 1 aliphatic heterocycles. The molecule has 3 unspecified atom stereocenters. The van der Waals surface area contributed by atoms with Gasteiger partial charge >= 0.3 is 6.18 Å². The Morgan fingerprint density at radius 2 is 2.08 bits per heavy atom. The highest BCUT2D eigenvalue weighted by molar-refractivity contribution is 5.08. The molecule has 0 spiro atoms. The van der Waals surface area contributed by atoms with E-state index in [0.29, 0.717) is 13.0 Å². The van der Waals surface area contributed by atoms with E-state index >= 15 is 0 Å². The Hall–Kier alpha value is -0.290. The summed E-state index contributed by atoms with van der Waals surface area (Å²) in [6, 6.07) is -0.137. The molecule has 0 aromatic carbocycles. The maximum absolute atomic E-state index is 12.3. The summed E-state index contributed by atoms with van der Waals surface area (Å²) in [7, 11) is 0. The molecule has 0 amide bonds. The number of aliphatic hydroxyl groups is 1. The van der Waals surface area contributed by atoms with E-state index in [-0.39, 0.29) is 12.5 Å².